The molecule has 0 aliphatic rings. The highest BCUT2D eigenvalue weighted by Crippen LogP contribution is 2.29. The number of nitrogen functional groups attached to an aromatic ring is 1. The third-order valence-corrected chi connectivity index (χ3v) is 2.96. The predicted molar refractivity (Wildman–Crippen MR) is 60.8 cm³/mol. The second-order valence-corrected chi connectivity index (χ2v) is 3.97. The van der Waals surface area contributed by atoms with Crippen molar-refractivity contribution in [2.45, 2.75) is 6.92 Å². The largest absolute Gasteiger partial charge is 0.398 e. The van der Waals surface area contributed by atoms with Gasteiger partial charge in [-0.25, -0.2) is 0 Å². The van der Waals surface area contributed by atoms with Crippen molar-refractivity contribution in [2.24, 2.45) is 0 Å². The van der Waals surface area contributed by atoms with Crippen molar-refractivity contribution < 1.29 is 0 Å². The van der Waals surface area contributed by atoms with Crippen LogP contribution in [0.4, 0.5) is 5.69 Å². The molecule has 0 aliphatic carbocycles. The second-order valence-electron chi connectivity index (χ2n) is 3.12. The molecule has 2 heteroatoms. The third-order valence-electron chi connectivity index (χ3n) is 2.30. The van der Waals surface area contributed by atoms with Crippen LogP contribution in [0.5, 0.6) is 0 Å². The quantitative estimate of drug-likeness (QED) is 0.696. The van der Waals surface area contributed by atoms with E-state index in [1.807, 2.05) is 31.2 Å². The maximum atomic E-state index is 5.83. The van der Waals surface area contributed by atoms with E-state index >= 15 is 0 Å². The monoisotopic (exact) mass is 235 g/mol. The van der Waals surface area contributed by atoms with Crippen molar-refractivity contribution in [3.8, 4) is 0 Å². The van der Waals surface area contributed by atoms with Crippen molar-refractivity contribution in [1.29, 1.82) is 0 Å². The summed E-state index contributed by atoms with van der Waals surface area (Å²) in [5.41, 5.74) is 7.82. The first kappa shape index (κ1) is 8.57. The molecule has 0 spiro atoms. The fourth-order valence-corrected chi connectivity index (χ4v) is 2.20. The molecule has 0 saturated carbocycles. The number of hydrogen-bond acceptors (Lipinski definition) is 1. The lowest BCUT2D eigenvalue weighted by Gasteiger charge is -2.06. The molecule has 0 fully saturated rings. The zero-order chi connectivity index (χ0) is 9.42. The molecule has 2 aromatic carbocycles. The Morgan fingerprint density at radius 2 is 1.92 bits per heavy atom. The third kappa shape index (κ3) is 1.31. The van der Waals surface area contributed by atoms with Crippen molar-refractivity contribution in [2.75, 3.05) is 5.73 Å². The molecule has 0 aromatic heterocycles. The van der Waals surface area contributed by atoms with Gasteiger partial charge in [-0.2, -0.15) is 0 Å². The van der Waals surface area contributed by atoms with E-state index in [0.717, 1.165) is 15.7 Å². The Labute approximate surface area is 85.7 Å². The highest BCUT2D eigenvalue weighted by atomic mass is 79.9. The normalized spacial score (nSPS) is 10.6. The molecule has 0 heterocycles. The van der Waals surface area contributed by atoms with Gasteiger partial charge in [0.1, 0.15) is 0 Å². The van der Waals surface area contributed by atoms with Crippen LogP contribution in [0.3, 0.4) is 0 Å². The van der Waals surface area contributed by atoms with E-state index < -0.39 is 0 Å². The van der Waals surface area contributed by atoms with Crippen LogP contribution in [-0.2, 0) is 0 Å². The van der Waals surface area contributed by atoms with Crippen LogP contribution < -0.4 is 5.73 Å². The van der Waals surface area contributed by atoms with Crippen LogP contribution in [0.25, 0.3) is 10.8 Å². The molecule has 0 radical (unpaired) electrons. The number of anilines is 1. The topological polar surface area (TPSA) is 26.0 Å². The summed E-state index contributed by atoms with van der Waals surface area (Å²) in [6.45, 7) is 2.04. The number of aryl methyl sites for hydroxylation is 1. The molecular weight excluding hydrogens is 226 g/mol. The minimum atomic E-state index is 0.847. The van der Waals surface area contributed by atoms with Gasteiger partial charge < -0.3 is 5.73 Å². The van der Waals surface area contributed by atoms with Gasteiger partial charge in [0.15, 0.2) is 0 Å². The summed E-state index contributed by atoms with van der Waals surface area (Å²) in [6, 6.07) is 10.1. The van der Waals surface area contributed by atoms with Crippen LogP contribution in [-0.4, -0.2) is 0 Å². The Morgan fingerprint density at radius 1 is 1.15 bits per heavy atom. The van der Waals surface area contributed by atoms with E-state index in [1.54, 1.807) is 0 Å². The summed E-state index contributed by atoms with van der Waals surface area (Å²) in [6.07, 6.45) is 0. The van der Waals surface area contributed by atoms with E-state index in [4.69, 9.17) is 5.73 Å². The lowest BCUT2D eigenvalue weighted by atomic mass is 10.0. The fourth-order valence-electron chi connectivity index (χ4n) is 1.52. The molecule has 0 amide bonds. The molecule has 2 rings (SSSR count). The Bertz CT molecular complexity index is 463. The Morgan fingerprint density at radius 3 is 2.69 bits per heavy atom. The second kappa shape index (κ2) is 3.04. The van der Waals surface area contributed by atoms with Gasteiger partial charge in [-0.15, -0.1) is 0 Å². The van der Waals surface area contributed by atoms with Gasteiger partial charge in [-0.3, -0.25) is 0 Å². The maximum Gasteiger partial charge on any atom is 0.0350 e. The van der Waals surface area contributed by atoms with Crippen LogP contribution in [0.15, 0.2) is 34.8 Å². The van der Waals surface area contributed by atoms with Gasteiger partial charge in [0.2, 0.25) is 0 Å². The summed E-state index contributed by atoms with van der Waals surface area (Å²) in [5, 5.41) is 2.43. The number of hydrogen-bond donors (Lipinski definition) is 1. The van der Waals surface area contributed by atoms with Crippen molar-refractivity contribution in [3.63, 3.8) is 0 Å². The van der Waals surface area contributed by atoms with Crippen LogP contribution in [0.1, 0.15) is 5.56 Å². The van der Waals surface area contributed by atoms with Crippen LogP contribution in [0, 0.1) is 6.92 Å². The van der Waals surface area contributed by atoms with Gasteiger partial charge in [0, 0.05) is 15.5 Å². The lowest BCUT2D eigenvalue weighted by Crippen LogP contribution is -1.90. The molecule has 0 atom stereocenters. The Balaban J connectivity index is 2.97. The van der Waals surface area contributed by atoms with Crippen LogP contribution >= 0.6 is 15.9 Å². The van der Waals surface area contributed by atoms with Gasteiger partial charge in [0.05, 0.1) is 0 Å². The first-order valence-electron chi connectivity index (χ1n) is 4.13. The first-order valence-corrected chi connectivity index (χ1v) is 4.93. The van der Waals surface area contributed by atoms with E-state index in [2.05, 4.69) is 22.0 Å². The highest BCUT2D eigenvalue weighted by Gasteiger charge is 2.03. The van der Waals surface area contributed by atoms with E-state index in [0.29, 0.717) is 0 Å². The van der Waals surface area contributed by atoms with Crippen molar-refractivity contribution in [1.82, 2.24) is 0 Å². The minimum Gasteiger partial charge on any atom is -0.398 e. The summed E-state index contributed by atoms with van der Waals surface area (Å²) in [4.78, 5) is 0. The van der Waals surface area contributed by atoms with Gasteiger partial charge in [0.25, 0.3) is 0 Å². The summed E-state index contributed by atoms with van der Waals surface area (Å²) < 4.78 is 1.11. The lowest BCUT2D eigenvalue weighted by molar-refractivity contribution is 1.51. The standard InChI is InChI=1S/C11H10BrN/c1-7-10(13)6-5-8-3-2-4-9(12)11(7)8/h2-6H,13H2,1H3. The zero-order valence-corrected chi connectivity index (χ0v) is 8.93. The minimum absolute atomic E-state index is 0.847. The van der Waals surface area contributed by atoms with Gasteiger partial charge in [-0.05, 0) is 30.0 Å². The first-order chi connectivity index (χ1) is 6.20. The molecular formula is C11H10BrN. The molecule has 13 heavy (non-hydrogen) atoms. The van der Waals surface area contributed by atoms with E-state index in [9.17, 15) is 0 Å². The highest BCUT2D eigenvalue weighted by molar-refractivity contribution is 9.10. The predicted octanol–water partition coefficient (Wildman–Crippen LogP) is 3.49. The maximum absolute atomic E-state index is 5.83. The average Bonchev–Trinajstić information content (AvgIpc) is 2.12. The number of rotatable bonds is 0. The molecule has 0 aliphatic heterocycles. The summed E-state index contributed by atoms with van der Waals surface area (Å²) in [7, 11) is 0. The summed E-state index contributed by atoms with van der Waals surface area (Å²) >= 11 is 3.53. The molecule has 0 unspecified atom stereocenters. The number of nitrogens with two attached hydrogens (primary N) is 1. The number of fused-ring (bicyclic) bond motifs is 1. The molecule has 0 saturated heterocycles. The van der Waals surface area contributed by atoms with Crippen molar-refractivity contribution >= 4 is 32.4 Å². The zero-order valence-electron chi connectivity index (χ0n) is 7.34. The summed E-state index contributed by atoms with van der Waals surface area (Å²) in [5.74, 6) is 0. The SMILES string of the molecule is Cc1c(N)ccc2cccc(Br)c12. The Kier molecular flexibility index (Phi) is 2.00. The van der Waals surface area contributed by atoms with Gasteiger partial charge in [-0.1, -0.05) is 34.1 Å². The average molecular weight is 236 g/mol. The van der Waals surface area contributed by atoms with E-state index in [-0.39, 0.29) is 0 Å². The molecule has 0 bridgehead atoms. The fraction of sp³-hybridized carbons (Fsp3) is 0.0909. The van der Waals surface area contributed by atoms with Crippen LogP contribution in [0.2, 0.25) is 0 Å². The van der Waals surface area contributed by atoms with Gasteiger partial charge >= 0.3 is 0 Å². The molecule has 66 valence electrons. The number of halogens is 1. The number of benzene rings is 2. The molecule has 2 aromatic rings. The molecule has 2 N–H and O–H groups in total. The van der Waals surface area contributed by atoms with Crippen molar-refractivity contribution in [3.05, 3.63) is 40.4 Å². The molecule has 1 nitrogen and oxygen atoms in total. The smallest absolute Gasteiger partial charge is 0.0350 e. The van der Waals surface area contributed by atoms with E-state index in [1.165, 1.54) is 10.8 Å². The Hall–Kier alpha value is -1.02.